The van der Waals surface area contributed by atoms with Crippen molar-refractivity contribution in [2.75, 3.05) is 20.3 Å². The standard InChI is InChI=1S/C11H15NO2/c1-13-11(7-12)8-14-6-9-4-2-3-5-10(9)11/h2-5H,6-8,12H2,1H3. The SMILES string of the molecule is COC1(CN)COCc2ccccc21. The molecule has 3 nitrogen and oxygen atoms in total. The van der Waals surface area contributed by atoms with E-state index in [0.717, 1.165) is 5.56 Å². The summed E-state index contributed by atoms with van der Waals surface area (Å²) in [7, 11) is 1.68. The van der Waals surface area contributed by atoms with Crippen LogP contribution in [0.15, 0.2) is 24.3 Å². The lowest BCUT2D eigenvalue weighted by Crippen LogP contribution is -2.44. The zero-order chi connectivity index (χ0) is 10.0. The summed E-state index contributed by atoms with van der Waals surface area (Å²) in [5.74, 6) is 0. The van der Waals surface area contributed by atoms with Crippen LogP contribution in [0.5, 0.6) is 0 Å². The summed E-state index contributed by atoms with van der Waals surface area (Å²) in [5, 5.41) is 0. The predicted molar refractivity (Wildman–Crippen MR) is 53.8 cm³/mol. The molecule has 1 atom stereocenters. The van der Waals surface area contributed by atoms with Crippen LogP contribution in [-0.4, -0.2) is 20.3 Å². The van der Waals surface area contributed by atoms with Crippen molar-refractivity contribution < 1.29 is 9.47 Å². The minimum Gasteiger partial charge on any atom is -0.373 e. The molecule has 76 valence electrons. The fraction of sp³-hybridized carbons (Fsp3) is 0.455. The van der Waals surface area contributed by atoms with Crippen LogP contribution in [0, 0.1) is 0 Å². The molecule has 0 fully saturated rings. The Morgan fingerprint density at radius 1 is 1.50 bits per heavy atom. The Morgan fingerprint density at radius 3 is 3.00 bits per heavy atom. The minimum absolute atomic E-state index is 0.445. The maximum Gasteiger partial charge on any atom is 0.128 e. The van der Waals surface area contributed by atoms with Gasteiger partial charge < -0.3 is 15.2 Å². The van der Waals surface area contributed by atoms with Gasteiger partial charge in [0.05, 0.1) is 13.2 Å². The van der Waals surface area contributed by atoms with Gasteiger partial charge in [-0.3, -0.25) is 0 Å². The zero-order valence-corrected chi connectivity index (χ0v) is 8.32. The third-order valence-corrected chi connectivity index (χ3v) is 2.82. The van der Waals surface area contributed by atoms with E-state index in [9.17, 15) is 0 Å². The number of rotatable bonds is 2. The summed E-state index contributed by atoms with van der Waals surface area (Å²) >= 11 is 0. The second-order valence-corrected chi connectivity index (χ2v) is 3.55. The summed E-state index contributed by atoms with van der Waals surface area (Å²) in [6.07, 6.45) is 0. The van der Waals surface area contributed by atoms with E-state index in [2.05, 4.69) is 12.1 Å². The maximum atomic E-state index is 5.76. The van der Waals surface area contributed by atoms with E-state index in [0.29, 0.717) is 19.8 Å². The molecule has 2 N–H and O–H groups in total. The van der Waals surface area contributed by atoms with Gasteiger partial charge in [-0.05, 0) is 11.1 Å². The van der Waals surface area contributed by atoms with E-state index < -0.39 is 5.60 Å². The third-order valence-electron chi connectivity index (χ3n) is 2.82. The lowest BCUT2D eigenvalue weighted by atomic mass is 9.88. The van der Waals surface area contributed by atoms with Crippen LogP contribution in [0.4, 0.5) is 0 Å². The van der Waals surface area contributed by atoms with E-state index in [-0.39, 0.29) is 0 Å². The Bertz CT molecular complexity index is 321. The molecule has 1 unspecified atom stereocenters. The van der Waals surface area contributed by atoms with E-state index in [4.69, 9.17) is 15.2 Å². The first-order valence-corrected chi connectivity index (χ1v) is 4.74. The number of methoxy groups -OCH3 is 1. The number of ether oxygens (including phenoxy) is 2. The monoisotopic (exact) mass is 193 g/mol. The lowest BCUT2D eigenvalue weighted by Gasteiger charge is -2.36. The topological polar surface area (TPSA) is 44.5 Å². The largest absolute Gasteiger partial charge is 0.373 e. The summed E-state index contributed by atoms with van der Waals surface area (Å²) in [4.78, 5) is 0. The van der Waals surface area contributed by atoms with Crippen LogP contribution >= 0.6 is 0 Å². The predicted octanol–water partition coefficient (Wildman–Crippen LogP) is 1.02. The zero-order valence-electron chi connectivity index (χ0n) is 8.32. The fourth-order valence-corrected chi connectivity index (χ4v) is 1.92. The van der Waals surface area contributed by atoms with Gasteiger partial charge in [0.1, 0.15) is 5.60 Å². The highest BCUT2D eigenvalue weighted by molar-refractivity contribution is 5.34. The molecule has 0 bridgehead atoms. The summed E-state index contributed by atoms with van der Waals surface area (Å²) in [6.45, 7) is 1.64. The fourth-order valence-electron chi connectivity index (χ4n) is 1.92. The molecule has 0 saturated carbocycles. The van der Waals surface area contributed by atoms with Gasteiger partial charge in [-0.2, -0.15) is 0 Å². The number of hydrogen-bond acceptors (Lipinski definition) is 3. The molecular formula is C11H15NO2. The Hall–Kier alpha value is -0.900. The summed E-state index contributed by atoms with van der Waals surface area (Å²) in [5.41, 5.74) is 7.64. The molecule has 0 saturated heterocycles. The van der Waals surface area contributed by atoms with Gasteiger partial charge in [-0.15, -0.1) is 0 Å². The van der Waals surface area contributed by atoms with Gasteiger partial charge in [-0.25, -0.2) is 0 Å². The molecule has 3 heteroatoms. The number of fused-ring (bicyclic) bond motifs is 1. The van der Waals surface area contributed by atoms with E-state index in [1.54, 1.807) is 7.11 Å². The van der Waals surface area contributed by atoms with Gasteiger partial charge >= 0.3 is 0 Å². The molecule has 0 radical (unpaired) electrons. The Labute approximate surface area is 83.8 Å². The lowest BCUT2D eigenvalue weighted by molar-refractivity contribution is -0.0928. The molecule has 1 aliphatic heterocycles. The van der Waals surface area contributed by atoms with Crippen molar-refractivity contribution in [2.45, 2.75) is 12.2 Å². The van der Waals surface area contributed by atoms with Crippen molar-refractivity contribution in [3.63, 3.8) is 0 Å². The van der Waals surface area contributed by atoms with Gasteiger partial charge in [0, 0.05) is 13.7 Å². The van der Waals surface area contributed by atoms with Crippen molar-refractivity contribution in [1.82, 2.24) is 0 Å². The molecule has 14 heavy (non-hydrogen) atoms. The normalized spacial score (nSPS) is 25.9. The highest BCUT2D eigenvalue weighted by Gasteiger charge is 2.35. The van der Waals surface area contributed by atoms with E-state index in [1.807, 2.05) is 12.1 Å². The summed E-state index contributed by atoms with van der Waals surface area (Å²) < 4.78 is 11.0. The van der Waals surface area contributed by atoms with Gasteiger partial charge in [-0.1, -0.05) is 24.3 Å². The molecule has 1 aromatic rings. The van der Waals surface area contributed by atoms with Crippen molar-refractivity contribution in [3.05, 3.63) is 35.4 Å². The number of hydrogen-bond donors (Lipinski definition) is 1. The maximum absolute atomic E-state index is 5.76. The molecule has 0 amide bonds. The van der Waals surface area contributed by atoms with Crippen LogP contribution in [0.3, 0.4) is 0 Å². The molecular weight excluding hydrogens is 178 g/mol. The Balaban J connectivity index is 2.48. The average molecular weight is 193 g/mol. The first-order chi connectivity index (χ1) is 6.82. The number of benzene rings is 1. The highest BCUT2D eigenvalue weighted by Crippen LogP contribution is 2.32. The van der Waals surface area contributed by atoms with Crippen LogP contribution in [0.25, 0.3) is 0 Å². The molecule has 2 rings (SSSR count). The molecule has 0 aliphatic carbocycles. The highest BCUT2D eigenvalue weighted by atomic mass is 16.5. The van der Waals surface area contributed by atoms with Gasteiger partial charge in [0.25, 0.3) is 0 Å². The first-order valence-electron chi connectivity index (χ1n) is 4.74. The average Bonchev–Trinajstić information content (AvgIpc) is 2.28. The van der Waals surface area contributed by atoms with Gasteiger partial charge in [0.2, 0.25) is 0 Å². The van der Waals surface area contributed by atoms with Crippen LogP contribution < -0.4 is 5.73 Å². The second-order valence-electron chi connectivity index (χ2n) is 3.55. The summed E-state index contributed by atoms with van der Waals surface area (Å²) in [6, 6.07) is 8.13. The number of nitrogens with two attached hydrogens (primary N) is 1. The molecule has 0 aromatic heterocycles. The van der Waals surface area contributed by atoms with Crippen LogP contribution in [-0.2, 0) is 21.7 Å². The Kier molecular flexibility index (Phi) is 2.54. The van der Waals surface area contributed by atoms with Crippen molar-refractivity contribution in [3.8, 4) is 0 Å². The van der Waals surface area contributed by atoms with E-state index in [1.165, 1.54) is 5.56 Å². The Morgan fingerprint density at radius 2 is 2.29 bits per heavy atom. The second kappa shape index (κ2) is 3.69. The van der Waals surface area contributed by atoms with Crippen molar-refractivity contribution in [1.29, 1.82) is 0 Å². The third kappa shape index (κ3) is 1.34. The van der Waals surface area contributed by atoms with Crippen molar-refractivity contribution >= 4 is 0 Å². The quantitative estimate of drug-likeness (QED) is 0.762. The molecule has 1 heterocycles. The van der Waals surface area contributed by atoms with Gasteiger partial charge in [0.15, 0.2) is 0 Å². The minimum atomic E-state index is -0.450. The smallest absolute Gasteiger partial charge is 0.128 e. The van der Waals surface area contributed by atoms with E-state index >= 15 is 0 Å². The first kappa shape index (κ1) is 9.65. The molecule has 1 aliphatic rings. The molecule has 1 aromatic carbocycles. The van der Waals surface area contributed by atoms with Crippen molar-refractivity contribution in [2.24, 2.45) is 5.73 Å². The van der Waals surface area contributed by atoms with Crippen LogP contribution in [0.2, 0.25) is 0 Å². The van der Waals surface area contributed by atoms with Crippen LogP contribution in [0.1, 0.15) is 11.1 Å². The molecule has 0 spiro atoms.